The Hall–Kier alpha value is -1.87. The van der Waals surface area contributed by atoms with Crippen molar-refractivity contribution in [2.75, 3.05) is 11.1 Å². The van der Waals surface area contributed by atoms with Gasteiger partial charge in [0.05, 0.1) is 11.9 Å². The molecule has 0 atom stereocenters. The SMILES string of the molecule is Cn1ncc(N)c1NC(=O)C(F)(F)C(F)(F)F. The highest BCUT2D eigenvalue weighted by Crippen LogP contribution is 2.36. The molecule has 0 saturated carbocycles. The second-order valence-electron chi connectivity index (χ2n) is 3.10. The number of amides is 1. The lowest BCUT2D eigenvalue weighted by Crippen LogP contribution is -2.47. The molecule has 1 amide bonds. The van der Waals surface area contributed by atoms with Gasteiger partial charge in [0.2, 0.25) is 0 Å². The van der Waals surface area contributed by atoms with Crippen LogP contribution in [0, 0.1) is 0 Å². The van der Waals surface area contributed by atoms with Crippen LogP contribution in [0.15, 0.2) is 6.20 Å². The van der Waals surface area contributed by atoms with Crippen LogP contribution in [0.5, 0.6) is 0 Å². The molecule has 1 rings (SSSR count). The third kappa shape index (κ3) is 2.29. The molecule has 0 aliphatic heterocycles. The van der Waals surface area contributed by atoms with E-state index in [2.05, 4.69) is 5.10 Å². The average Bonchev–Trinajstić information content (AvgIpc) is 2.47. The quantitative estimate of drug-likeness (QED) is 0.781. The maximum atomic E-state index is 12.6. The van der Waals surface area contributed by atoms with E-state index in [-0.39, 0.29) is 5.69 Å². The molecule has 0 spiro atoms. The van der Waals surface area contributed by atoms with Gasteiger partial charge < -0.3 is 11.1 Å². The van der Waals surface area contributed by atoms with Crippen LogP contribution in [0.2, 0.25) is 0 Å². The number of carbonyl (C=O) groups is 1. The maximum Gasteiger partial charge on any atom is 0.463 e. The Morgan fingerprint density at radius 1 is 1.41 bits per heavy atom. The molecule has 1 heterocycles. The molecule has 5 nitrogen and oxygen atoms in total. The Morgan fingerprint density at radius 2 is 1.94 bits per heavy atom. The number of nitrogen functional groups attached to an aromatic ring is 1. The van der Waals surface area contributed by atoms with Gasteiger partial charge >= 0.3 is 18.0 Å². The van der Waals surface area contributed by atoms with Gasteiger partial charge in [-0.15, -0.1) is 0 Å². The highest BCUT2D eigenvalue weighted by molar-refractivity contribution is 5.98. The van der Waals surface area contributed by atoms with E-state index >= 15 is 0 Å². The van der Waals surface area contributed by atoms with E-state index in [1.165, 1.54) is 12.4 Å². The lowest BCUT2D eigenvalue weighted by molar-refractivity contribution is -0.267. The van der Waals surface area contributed by atoms with Crippen molar-refractivity contribution in [2.45, 2.75) is 12.1 Å². The van der Waals surface area contributed by atoms with Crippen molar-refractivity contribution in [3.05, 3.63) is 6.20 Å². The molecule has 0 saturated heterocycles. The number of nitrogens with two attached hydrogens (primary N) is 1. The van der Waals surface area contributed by atoms with E-state index < -0.39 is 23.8 Å². The number of rotatable bonds is 2. The third-order valence-electron chi connectivity index (χ3n) is 1.84. The van der Waals surface area contributed by atoms with Crippen LogP contribution in [0.25, 0.3) is 0 Å². The third-order valence-corrected chi connectivity index (χ3v) is 1.84. The van der Waals surface area contributed by atoms with Crippen LogP contribution in [-0.2, 0) is 11.8 Å². The van der Waals surface area contributed by atoms with Gasteiger partial charge in [-0.05, 0) is 0 Å². The van der Waals surface area contributed by atoms with Crippen LogP contribution in [-0.4, -0.2) is 27.8 Å². The van der Waals surface area contributed by atoms with Crippen LogP contribution >= 0.6 is 0 Å². The van der Waals surface area contributed by atoms with Crippen LogP contribution < -0.4 is 11.1 Å². The maximum absolute atomic E-state index is 12.6. The molecule has 17 heavy (non-hydrogen) atoms. The van der Waals surface area contributed by atoms with Crippen molar-refractivity contribution in [2.24, 2.45) is 7.05 Å². The molecule has 0 unspecified atom stereocenters. The van der Waals surface area contributed by atoms with E-state index in [0.29, 0.717) is 0 Å². The second-order valence-corrected chi connectivity index (χ2v) is 3.10. The lowest BCUT2D eigenvalue weighted by atomic mass is 10.3. The average molecular weight is 258 g/mol. The Balaban J connectivity index is 2.95. The summed E-state index contributed by atoms with van der Waals surface area (Å²) in [5.41, 5.74) is 4.99. The number of hydrogen-bond acceptors (Lipinski definition) is 3. The molecule has 0 aromatic carbocycles. The zero-order chi connectivity index (χ0) is 13.4. The van der Waals surface area contributed by atoms with E-state index in [1.54, 1.807) is 0 Å². The fraction of sp³-hybridized carbons (Fsp3) is 0.429. The van der Waals surface area contributed by atoms with Crippen LogP contribution in [0.4, 0.5) is 33.5 Å². The molecular weight excluding hydrogens is 251 g/mol. The summed E-state index contributed by atoms with van der Waals surface area (Å²) in [5, 5.41) is 4.84. The standard InChI is InChI=1S/C7H7F5N4O/c1-16-4(3(13)2-14-16)15-5(17)6(8,9)7(10,11)12/h2H,13H2,1H3,(H,15,17). The smallest absolute Gasteiger partial charge is 0.394 e. The number of halogens is 5. The van der Waals surface area contributed by atoms with E-state index in [9.17, 15) is 26.7 Å². The summed E-state index contributed by atoms with van der Waals surface area (Å²) in [5.74, 6) is -8.44. The number of aromatic nitrogens is 2. The Morgan fingerprint density at radius 3 is 2.29 bits per heavy atom. The first-order chi connectivity index (χ1) is 7.57. The van der Waals surface area contributed by atoms with Gasteiger partial charge in [0.25, 0.3) is 0 Å². The van der Waals surface area contributed by atoms with Crippen molar-refractivity contribution in [3.8, 4) is 0 Å². The van der Waals surface area contributed by atoms with Gasteiger partial charge in [0.1, 0.15) is 0 Å². The summed E-state index contributed by atoms with van der Waals surface area (Å²) in [6.45, 7) is 0. The highest BCUT2D eigenvalue weighted by atomic mass is 19.4. The zero-order valence-corrected chi connectivity index (χ0v) is 8.35. The van der Waals surface area contributed by atoms with Crippen molar-refractivity contribution in [1.29, 1.82) is 0 Å². The largest absolute Gasteiger partial charge is 0.463 e. The predicted molar refractivity (Wildman–Crippen MR) is 47.3 cm³/mol. The van der Waals surface area contributed by atoms with Gasteiger partial charge in [0, 0.05) is 7.05 Å². The molecule has 0 radical (unpaired) electrons. The molecule has 0 aliphatic rings. The van der Waals surface area contributed by atoms with Crippen LogP contribution in [0.1, 0.15) is 0 Å². The number of hydrogen-bond donors (Lipinski definition) is 2. The van der Waals surface area contributed by atoms with Gasteiger partial charge in [0.15, 0.2) is 5.82 Å². The number of aryl methyl sites for hydroxylation is 1. The Kier molecular flexibility index (Phi) is 2.99. The molecule has 0 aliphatic carbocycles. The van der Waals surface area contributed by atoms with E-state index in [4.69, 9.17) is 5.73 Å². The summed E-state index contributed by atoms with van der Waals surface area (Å²) < 4.78 is 61.6. The summed E-state index contributed by atoms with van der Waals surface area (Å²) in [7, 11) is 1.22. The second kappa shape index (κ2) is 3.86. The molecule has 1 aromatic rings. The van der Waals surface area contributed by atoms with Crippen molar-refractivity contribution >= 4 is 17.4 Å². The van der Waals surface area contributed by atoms with Gasteiger partial charge in [-0.1, -0.05) is 0 Å². The minimum atomic E-state index is -5.97. The monoisotopic (exact) mass is 258 g/mol. The number of nitrogens with one attached hydrogen (secondary N) is 1. The van der Waals surface area contributed by atoms with Crippen molar-refractivity contribution < 1.29 is 26.7 Å². The summed E-state index contributed by atoms with van der Waals surface area (Å²) >= 11 is 0. The minimum Gasteiger partial charge on any atom is -0.394 e. The number of carbonyl (C=O) groups excluding carboxylic acids is 1. The van der Waals surface area contributed by atoms with Gasteiger partial charge in [-0.2, -0.15) is 27.1 Å². The summed E-state index contributed by atoms with van der Waals surface area (Å²) in [4.78, 5) is 10.8. The van der Waals surface area contributed by atoms with Gasteiger partial charge in [-0.3, -0.25) is 9.48 Å². The normalized spacial score (nSPS) is 12.6. The molecule has 0 fully saturated rings. The number of alkyl halides is 5. The van der Waals surface area contributed by atoms with Crippen molar-refractivity contribution in [1.82, 2.24) is 9.78 Å². The van der Waals surface area contributed by atoms with Gasteiger partial charge in [-0.25, -0.2) is 0 Å². The summed E-state index contributed by atoms with van der Waals surface area (Å²) in [6, 6.07) is 0. The first-order valence-corrected chi connectivity index (χ1v) is 4.11. The molecular formula is C7H7F5N4O. The molecule has 1 aromatic heterocycles. The van der Waals surface area contributed by atoms with E-state index in [1.807, 2.05) is 0 Å². The fourth-order valence-corrected chi connectivity index (χ4v) is 0.922. The topological polar surface area (TPSA) is 72.9 Å². The molecule has 0 bridgehead atoms. The van der Waals surface area contributed by atoms with Crippen LogP contribution in [0.3, 0.4) is 0 Å². The lowest BCUT2D eigenvalue weighted by Gasteiger charge is -2.18. The van der Waals surface area contributed by atoms with E-state index in [0.717, 1.165) is 10.9 Å². The molecule has 10 heteroatoms. The zero-order valence-electron chi connectivity index (χ0n) is 8.35. The molecule has 3 N–H and O–H groups in total. The first kappa shape index (κ1) is 13.2. The Bertz CT molecular complexity index is 418. The fourth-order valence-electron chi connectivity index (χ4n) is 0.922. The number of nitrogens with zero attached hydrogens (tertiary/aromatic N) is 2. The van der Waals surface area contributed by atoms with Crippen molar-refractivity contribution in [3.63, 3.8) is 0 Å². The number of anilines is 2. The molecule has 96 valence electrons. The first-order valence-electron chi connectivity index (χ1n) is 4.11. The highest BCUT2D eigenvalue weighted by Gasteiger charge is 2.63. The minimum absolute atomic E-state index is 0.223. The summed E-state index contributed by atoms with van der Waals surface area (Å²) in [6.07, 6.45) is -4.97. The Labute approximate surface area is 91.4 Å². The predicted octanol–water partition coefficient (Wildman–Crippen LogP) is 1.14.